The highest BCUT2D eigenvalue weighted by molar-refractivity contribution is 5.95. The lowest BCUT2D eigenvalue weighted by Crippen LogP contribution is -2.51. The van der Waals surface area contributed by atoms with Crippen LogP contribution in [0, 0.1) is 0 Å². The first-order valence-corrected chi connectivity index (χ1v) is 14.2. The Labute approximate surface area is 236 Å². The molecule has 0 fully saturated rings. The summed E-state index contributed by atoms with van der Waals surface area (Å²) in [5.74, 6) is -0.182. The highest BCUT2D eigenvalue weighted by Gasteiger charge is 2.39. The molecule has 0 radical (unpaired) electrons. The molecular weight excluding hydrogens is 488 g/mol. The van der Waals surface area contributed by atoms with Crippen LogP contribution in [-0.2, 0) is 14.3 Å². The molecule has 0 aliphatic carbocycles. The van der Waals surface area contributed by atoms with E-state index in [4.69, 9.17) is 9.47 Å². The average Bonchev–Trinajstić information content (AvgIpc) is 2.89. The van der Waals surface area contributed by atoms with Crippen LogP contribution in [0.3, 0.4) is 0 Å². The lowest BCUT2D eigenvalue weighted by atomic mass is 9.84. The molecule has 0 aliphatic heterocycles. The average molecular weight is 537 g/mol. The molecular formula is C33H48N2O4. The lowest BCUT2D eigenvalue weighted by molar-refractivity contribution is -0.118. The van der Waals surface area contributed by atoms with E-state index in [2.05, 4.69) is 20.4 Å². The van der Waals surface area contributed by atoms with E-state index in [0.717, 1.165) is 30.5 Å². The summed E-state index contributed by atoms with van der Waals surface area (Å²) in [5.41, 5.74) is 1.08. The first-order chi connectivity index (χ1) is 18.5. The second-order valence-electron chi connectivity index (χ2n) is 11.0. The van der Waals surface area contributed by atoms with E-state index < -0.39 is 17.2 Å². The molecule has 6 nitrogen and oxygen atoms in total. The molecule has 0 aliphatic rings. The fourth-order valence-corrected chi connectivity index (χ4v) is 5.03. The molecule has 0 aromatic heterocycles. The predicted molar refractivity (Wildman–Crippen MR) is 162 cm³/mol. The Bertz CT molecular complexity index is 1060. The highest BCUT2D eigenvalue weighted by atomic mass is 16.6. The van der Waals surface area contributed by atoms with E-state index in [0.29, 0.717) is 31.9 Å². The Morgan fingerprint density at radius 3 is 2.18 bits per heavy atom. The number of ether oxygens (including phenoxy) is 2. The molecule has 0 saturated heterocycles. The Morgan fingerprint density at radius 2 is 1.59 bits per heavy atom. The number of rotatable bonds is 15. The quantitative estimate of drug-likeness (QED) is 0.170. The van der Waals surface area contributed by atoms with Crippen molar-refractivity contribution >= 4 is 23.4 Å². The molecule has 6 heteroatoms. The van der Waals surface area contributed by atoms with E-state index in [1.165, 1.54) is 0 Å². The molecule has 0 heterocycles. The van der Waals surface area contributed by atoms with Gasteiger partial charge in [0.1, 0.15) is 5.60 Å². The largest absolute Gasteiger partial charge is 0.442 e. The zero-order valence-corrected chi connectivity index (χ0v) is 25.0. The SMILES string of the molecule is C=CC(c1ccccc1)C(C)(C)OC(=O)N(c1cccc(N(CCOCCC)C(=O)CC)c1)C(C)(C)CCC. The fraction of sp³-hybridized carbons (Fsp3) is 0.515. The third-order valence-electron chi connectivity index (χ3n) is 6.95. The van der Waals surface area contributed by atoms with Crippen LogP contribution < -0.4 is 9.80 Å². The second kappa shape index (κ2) is 14.9. The second-order valence-corrected chi connectivity index (χ2v) is 11.0. The smallest absolute Gasteiger partial charge is 0.415 e. The van der Waals surface area contributed by atoms with Gasteiger partial charge in [-0.25, -0.2) is 4.79 Å². The van der Waals surface area contributed by atoms with Gasteiger partial charge >= 0.3 is 6.09 Å². The lowest BCUT2D eigenvalue weighted by Gasteiger charge is -2.41. The number of nitrogens with zero attached hydrogens (tertiary/aromatic N) is 2. The van der Waals surface area contributed by atoms with E-state index in [-0.39, 0.29) is 11.8 Å². The standard InChI is InChI=1S/C33H48N2O4/c1-9-21-32(5,6)35(31(37)39-33(7,8)29(11-3)26-17-14-13-15-18-26)28-20-16-19-27(25-28)34(30(36)12-4)22-24-38-23-10-2/h11,13-20,25,29H,3,9-10,12,21-24H2,1-2,4-8H3. The number of amides is 2. The summed E-state index contributed by atoms with van der Waals surface area (Å²) < 4.78 is 11.9. The minimum Gasteiger partial charge on any atom is -0.442 e. The van der Waals surface area contributed by atoms with Gasteiger partial charge < -0.3 is 14.4 Å². The summed E-state index contributed by atoms with van der Waals surface area (Å²) in [5, 5.41) is 0. The van der Waals surface area contributed by atoms with Crippen molar-refractivity contribution in [2.75, 3.05) is 29.6 Å². The zero-order valence-electron chi connectivity index (χ0n) is 25.0. The Hall–Kier alpha value is -3.12. The molecule has 214 valence electrons. The summed E-state index contributed by atoms with van der Waals surface area (Å²) in [6, 6.07) is 17.6. The molecule has 0 N–H and O–H groups in total. The molecule has 39 heavy (non-hydrogen) atoms. The van der Waals surface area contributed by atoms with Crippen LogP contribution in [0.2, 0.25) is 0 Å². The van der Waals surface area contributed by atoms with Gasteiger partial charge in [-0.3, -0.25) is 9.69 Å². The van der Waals surface area contributed by atoms with Crippen molar-refractivity contribution in [1.29, 1.82) is 0 Å². The third kappa shape index (κ3) is 8.69. The summed E-state index contributed by atoms with van der Waals surface area (Å²) >= 11 is 0. The van der Waals surface area contributed by atoms with Gasteiger partial charge in [-0.15, -0.1) is 6.58 Å². The molecule has 0 spiro atoms. The molecule has 2 amide bonds. The zero-order chi connectivity index (χ0) is 29.1. The molecule has 2 rings (SSSR count). The van der Waals surface area contributed by atoms with Crippen molar-refractivity contribution in [1.82, 2.24) is 0 Å². The van der Waals surface area contributed by atoms with Crippen LogP contribution in [0.1, 0.15) is 85.6 Å². The van der Waals surface area contributed by atoms with Gasteiger partial charge in [-0.1, -0.05) is 69.7 Å². The van der Waals surface area contributed by atoms with Crippen molar-refractivity contribution in [3.05, 3.63) is 72.8 Å². The summed E-state index contributed by atoms with van der Waals surface area (Å²) in [6.07, 6.45) is 4.38. The maximum Gasteiger partial charge on any atom is 0.415 e. The number of hydrogen-bond donors (Lipinski definition) is 0. The summed E-state index contributed by atoms with van der Waals surface area (Å²) in [4.78, 5) is 30.4. The van der Waals surface area contributed by atoms with Gasteiger partial charge in [-0.05, 0) is 64.3 Å². The topological polar surface area (TPSA) is 59.1 Å². The Kier molecular flexibility index (Phi) is 12.2. The van der Waals surface area contributed by atoms with Crippen molar-refractivity contribution in [3.63, 3.8) is 0 Å². The number of hydrogen-bond acceptors (Lipinski definition) is 4. The first-order valence-electron chi connectivity index (χ1n) is 14.2. The summed E-state index contributed by atoms with van der Waals surface area (Å²) in [7, 11) is 0. The monoisotopic (exact) mass is 536 g/mol. The van der Waals surface area contributed by atoms with Crippen LogP contribution in [-0.4, -0.2) is 42.9 Å². The van der Waals surface area contributed by atoms with Crippen molar-refractivity contribution in [2.24, 2.45) is 0 Å². The van der Waals surface area contributed by atoms with E-state index in [1.54, 1.807) is 9.80 Å². The first kappa shape index (κ1) is 32.1. The summed E-state index contributed by atoms with van der Waals surface area (Å²) in [6.45, 7) is 19.5. The Balaban J connectivity index is 2.46. The van der Waals surface area contributed by atoms with Crippen LogP contribution in [0.15, 0.2) is 67.3 Å². The molecule has 2 aromatic carbocycles. The number of carbonyl (C=O) groups excluding carboxylic acids is 2. The number of carbonyl (C=O) groups is 2. The number of benzene rings is 2. The maximum atomic E-state index is 14.0. The van der Waals surface area contributed by atoms with Crippen LogP contribution in [0.5, 0.6) is 0 Å². The minimum atomic E-state index is -0.848. The molecule has 0 saturated carbocycles. The van der Waals surface area contributed by atoms with Gasteiger partial charge in [0.2, 0.25) is 5.91 Å². The van der Waals surface area contributed by atoms with Gasteiger partial charge in [0.05, 0.1) is 6.61 Å². The van der Waals surface area contributed by atoms with Crippen molar-refractivity contribution < 1.29 is 19.1 Å². The van der Waals surface area contributed by atoms with Crippen molar-refractivity contribution in [2.45, 2.75) is 91.2 Å². The normalized spacial score (nSPS) is 12.5. The molecule has 2 aromatic rings. The fourth-order valence-electron chi connectivity index (χ4n) is 5.03. The predicted octanol–water partition coefficient (Wildman–Crippen LogP) is 8.13. The highest BCUT2D eigenvalue weighted by Crippen LogP contribution is 2.36. The number of anilines is 2. The van der Waals surface area contributed by atoms with E-state index in [9.17, 15) is 9.59 Å². The maximum absolute atomic E-state index is 14.0. The molecule has 0 bridgehead atoms. The van der Waals surface area contributed by atoms with Crippen molar-refractivity contribution in [3.8, 4) is 0 Å². The van der Waals surface area contributed by atoms with Gasteiger partial charge in [0, 0.05) is 42.4 Å². The van der Waals surface area contributed by atoms with Gasteiger partial charge in [0.15, 0.2) is 0 Å². The minimum absolute atomic E-state index is 0.00649. The van der Waals surface area contributed by atoms with E-state index >= 15 is 0 Å². The van der Waals surface area contributed by atoms with Crippen LogP contribution in [0.4, 0.5) is 16.2 Å². The Morgan fingerprint density at radius 1 is 0.923 bits per heavy atom. The van der Waals surface area contributed by atoms with E-state index in [1.807, 2.05) is 95.3 Å². The van der Waals surface area contributed by atoms with Gasteiger partial charge in [0.25, 0.3) is 0 Å². The molecule has 1 unspecified atom stereocenters. The van der Waals surface area contributed by atoms with Crippen LogP contribution in [0.25, 0.3) is 0 Å². The molecule has 1 atom stereocenters. The third-order valence-corrected chi connectivity index (χ3v) is 6.95. The van der Waals surface area contributed by atoms with Crippen LogP contribution >= 0.6 is 0 Å². The van der Waals surface area contributed by atoms with Gasteiger partial charge in [-0.2, -0.15) is 0 Å².